The van der Waals surface area contributed by atoms with Gasteiger partial charge in [0.2, 0.25) is 0 Å². The number of aromatic nitrogens is 2. The third-order valence-electron chi connectivity index (χ3n) is 4.01. The van der Waals surface area contributed by atoms with E-state index in [-0.39, 0.29) is 24.9 Å². The molecule has 2 aromatic rings. The normalized spacial score (nSPS) is 12.6. The number of nitrogens with zero attached hydrogens (tertiary/aromatic N) is 2. The van der Waals surface area contributed by atoms with Gasteiger partial charge < -0.3 is 19.5 Å². The van der Waals surface area contributed by atoms with Gasteiger partial charge in [0.05, 0.1) is 19.3 Å². The molecule has 2 heterocycles. The minimum atomic E-state index is -0.745. The van der Waals surface area contributed by atoms with Crippen molar-refractivity contribution in [2.24, 2.45) is 0 Å². The zero-order chi connectivity index (χ0) is 25.5. The van der Waals surface area contributed by atoms with Crippen LogP contribution in [0.3, 0.4) is 0 Å². The maximum atomic E-state index is 13.0. The molecule has 1 atom stereocenters. The Balaban J connectivity index is 2.16. The summed E-state index contributed by atoms with van der Waals surface area (Å²) in [6.07, 6.45) is 1.88. The summed E-state index contributed by atoms with van der Waals surface area (Å²) in [5, 5.41) is 5.22. The maximum absolute atomic E-state index is 13.0. The van der Waals surface area contributed by atoms with E-state index in [1.165, 1.54) is 10.6 Å². The molecule has 10 nitrogen and oxygen atoms in total. The van der Waals surface area contributed by atoms with Crippen LogP contribution in [0.25, 0.3) is 5.82 Å². The first-order valence-electron chi connectivity index (χ1n) is 11.0. The number of carbonyl (C=O) groups excluding carboxylic acids is 2. The van der Waals surface area contributed by atoms with Crippen LogP contribution in [0, 0.1) is 0 Å². The van der Waals surface area contributed by atoms with Crippen LogP contribution in [0.5, 0.6) is 0 Å². The minimum absolute atomic E-state index is 0.0286. The van der Waals surface area contributed by atoms with Crippen LogP contribution >= 0.6 is 0 Å². The Morgan fingerprint density at radius 3 is 2.29 bits per heavy atom. The number of rotatable bonds is 7. The number of hydrogen-bond acceptors (Lipinski definition) is 7. The van der Waals surface area contributed by atoms with E-state index in [2.05, 4.69) is 15.6 Å². The van der Waals surface area contributed by atoms with Crippen molar-refractivity contribution in [3.8, 4) is 5.82 Å². The topological polar surface area (TPSA) is 121 Å². The predicted molar refractivity (Wildman–Crippen MR) is 128 cm³/mol. The average Bonchev–Trinajstić information content (AvgIpc) is 2.67. The number of amides is 2. The van der Waals surface area contributed by atoms with Gasteiger partial charge in [0.1, 0.15) is 22.7 Å². The van der Waals surface area contributed by atoms with E-state index >= 15 is 0 Å². The van der Waals surface area contributed by atoms with Gasteiger partial charge in [-0.3, -0.25) is 14.7 Å². The van der Waals surface area contributed by atoms with Crippen LogP contribution in [0.15, 0.2) is 41.5 Å². The molecule has 0 fully saturated rings. The molecule has 2 aromatic heterocycles. The van der Waals surface area contributed by atoms with Crippen molar-refractivity contribution in [2.75, 3.05) is 11.9 Å². The molecule has 0 aromatic carbocycles. The molecular weight excluding hydrogens is 440 g/mol. The molecule has 10 heteroatoms. The maximum Gasteiger partial charge on any atom is 0.412 e. The van der Waals surface area contributed by atoms with Crippen molar-refractivity contribution in [1.29, 1.82) is 0 Å². The average molecular weight is 475 g/mol. The number of carbonyl (C=O) groups is 2. The highest BCUT2D eigenvalue weighted by molar-refractivity contribution is 5.84. The molecule has 0 saturated heterocycles. The minimum Gasteiger partial charge on any atom is -0.444 e. The highest BCUT2D eigenvalue weighted by Crippen LogP contribution is 2.14. The van der Waals surface area contributed by atoms with Crippen LogP contribution in [0.2, 0.25) is 0 Å². The number of nitrogens with one attached hydrogen (secondary N) is 2. The van der Waals surface area contributed by atoms with Crippen molar-refractivity contribution in [3.05, 3.63) is 52.6 Å². The lowest BCUT2D eigenvalue weighted by Gasteiger charge is -2.22. The summed E-state index contributed by atoms with van der Waals surface area (Å²) in [5.41, 5.74) is -1.14. The van der Waals surface area contributed by atoms with E-state index in [9.17, 15) is 14.4 Å². The second kappa shape index (κ2) is 11.1. The first-order chi connectivity index (χ1) is 15.7. The summed E-state index contributed by atoms with van der Waals surface area (Å²) in [6.45, 7) is 12.7. The van der Waals surface area contributed by atoms with Crippen molar-refractivity contribution in [1.82, 2.24) is 14.9 Å². The molecule has 0 unspecified atom stereocenters. The Kier molecular flexibility index (Phi) is 8.80. The highest BCUT2D eigenvalue weighted by Gasteiger charge is 2.20. The molecule has 2 N–H and O–H groups in total. The second-order valence-corrected chi connectivity index (χ2v) is 9.81. The molecule has 0 aliphatic heterocycles. The number of ether oxygens (including phenoxy) is 3. The van der Waals surface area contributed by atoms with Gasteiger partial charge in [-0.05, 0) is 72.2 Å². The first-order valence-corrected chi connectivity index (χ1v) is 11.0. The van der Waals surface area contributed by atoms with E-state index in [0.29, 0.717) is 11.4 Å². The monoisotopic (exact) mass is 474 g/mol. The quantitative estimate of drug-likeness (QED) is 0.622. The predicted octanol–water partition coefficient (Wildman–Crippen LogP) is 4.01. The van der Waals surface area contributed by atoms with Gasteiger partial charge in [-0.2, -0.15) is 0 Å². The zero-order valence-corrected chi connectivity index (χ0v) is 20.8. The Hall–Kier alpha value is -3.40. The largest absolute Gasteiger partial charge is 0.444 e. The number of pyridine rings is 2. The molecule has 0 aliphatic rings. The lowest BCUT2D eigenvalue weighted by Crippen LogP contribution is -2.39. The molecule has 0 bridgehead atoms. The lowest BCUT2D eigenvalue weighted by atomic mass is 10.2. The summed E-state index contributed by atoms with van der Waals surface area (Å²) >= 11 is 0. The summed E-state index contributed by atoms with van der Waals surface area (Å²) in [6, 6.07) is 6.38. The first kappa shape index (κ1) is 26.8. The van der Waals surface area contributed by atoms with Crippen molar-refractivity contribution < 1.29 is 23.8 Å². The van der Waals surface area contributed by atoms with E-state index in [4.69, 9.17) is 14.2 Å². The van der Waals surface area contributed by atoms with Gasteiger partial charge >= 0.3 is 12.2 Å². The van der Waals surface area contributed by atoms with Crippen molar-refractivity contribution in [2.45, 2.75) is 72.3 Å². The summed E-state index contributed by atoms with van der Waals surface area (Å²) in [7, 11) is 0. The number of hydrogen-bond donors (Lipinski definition) is 2. The fourth-order valence-corrected chi connectivity index (χ4v) is 2.79. The Morgan fingerprint density at radius 1 is 1.06 bits per heavy atom. The van der Waals surface area contributed by atoms with Gasteiger partial charge in [0.15, 0.2) is 0 Å². The Bertz CT molecular complexity index is 1040. The van der Waals surface area contributed by atoms with Crippen LogP contribution < -0.4 is 16.2 Å². The van der Waals surface area contributed by atoms with Gasteiger partial charge in [0, 0.05) is 12.4 Å². The summed E-state index contributed by atoms with van der Waals surface area (Å²) < 4.78 is 17.6. The standard InChI is InChI=1S/C24H34N4O6/c1-16(26-21(30)33-23(2,3)4)14-32-15-17-12-18(27-22(31)34-24(5,6)7)20(29)28(13-17)19-10-8-9-11-25-19/h8-13,16H,14-15H2,1-7H3,(H,26,30)(H,27,31)/t16-/m1/s1. The van der Waals surface area contributed by atoms with Crippen molar-refractivity contribution >= 4 is 17.9 Å². The van der Waals surface area contributed by atoms with Crippen LogP contribution in [-0.4, -0.2) is 45.6 Å². The van der Waals surface area contributed by atoms with Gasteiger partial charge in [-0.15, -0.1) is 0 Å². The van der Waals surface area contributed by atoms with Gasteiger partial charge in [-0.1, -0.05) is 6.07 Å². The number of alkyl carbamates (subject to hydrolysis) is 1. The van der Waals surface area contributed by atoms with Gasteiger partial charge in [-0.25, -0.2) is 14.6 Å². The van der Waals surface area contributed by atoms with E-state index in [1.807, 2.05) is 0 Å². The fraction of sp³-hybridized carbons (Fsp3) is 0.500. The third-order valence-corrected chi connectivity index (χ3v) is 4.01. The molecule has 186 valence electrons. The summed E-state index contributed by atoms with van der Waals surface area (Å²) in [4.78, 5) is 41.4. The Labute approximate surface area is 199 Å². The molecule has 0 spiro atoms. The zero-order valence-electron chi connectivity index (χ0n) is 20.8. The molecule has 2 rings (SSSR count). The fourth-order valence-electron chi connectivity index (χ4n) is 2.79. The summed E-state index contributed by atoms with van der Waals surface area (Å²) in [5.74, 6) is 0.390. The molecule has 2 amide bonds. The SMILES string of the molecule is C[C@H](COCc1cc(NC(=O)OC(C)(C)C)c(=O)n(-c2ccccn2)c1)NC(=O)OC(C)(C)C. The second-order valence-electron chi connectivity index (χ2n) is 9.81. The molecular formula is C24H34N4O6. The lowest BCUT2D eigenvalue weighted by molar-refractivity contribution is 0.0441. The van der Waals surface area contributed by atoms with Gasteiger partial charge in [0.25, 0.3) is 5.56 Å². The highest BCUT2D eigenvalue weighted by atomic mass is 16.6. The van der Waals surface area contributed by atoms with E-state index in [0.717, 1.165) is 0 Å². The molecule has 0 aliphatic carbocycles. The van der Waals surface area contributed by atoms with Crippen LogP contribution in [-0.2, 0) is 20.8 Å². The van der Waals surface area contributed by atoms with E-state index < -0.39 is 28.9 Å². The number of anilines is 1. The molecule has 34 heavy (non-hydrogen) atoms. The van der Waals surface area contributed by atoms with Crippen LogP contribution in [0.1, 0.15) is 54.0 Å². The molecule has 0 radical (unpaired) electrons. The van der Waals surface area contributed by atoms with E-state index in [1.54, 1.807) is 79.1 Å². The molecule has 0 saturated carbocycles. The Morgan fingerprint density at radius 2 is 1.71 bits per heavy atom. The van der Waals surface area contributed by atoms with Crippen molar-refractivity contribution in [3.63, 3.8) is 0 Å². The third kappa shape index (κ3) is 9.22. The van der Waals surface area contributed by atoms with Crippen LogP contribution in [0.4, 0.5) is 15.3 Å². The smallest absolute Gasteiger partial charge is 0.412 e.